The van der Waals surface area contributed by atoms with E-state index in [4.69, 9.17) is 86.0 Å². The molecule has 0 atom stereocenters. The lowest BCUT2D eigenvalue weighted by Crippen LogP contribution is -2.40. The fourth-order valence-corrected chi connectivity index (χ4v) is 5.33. The van der Waals surface area contributed by atoms with Crippen molar-refractivity contribution in [3.8, 4) is 0 Å². The van der Waals surface area contributed by atoms with E-state index in [0.717, 1.165) is 4.90 Å². The average Bonchev–Trinajstić information content (AvgIpc) is 3.67. The summed E-state index contributed by atoms with van der Waals surface area (Å²) in [7, 11) is 0. The molecule has 0 fully saturated rings. The van der Waals surface area contributed by atoms with Crippen molar-refractivity contribution in [2.75, 3.05) is 231 Å². The van der Waals surface area contributed by atoms with Crippen molar-refractivity contribution >= 4 is 29.7 Å². The van der Waals surface area contributed by atoms with Gasteiger partial charge in [-0.3, -0.25) is 28.9 Å². The molecule has 25 nitrogen and oxygen atoms in total. The zero-order chi connectivity index (χ0) is 50.6. The monoisotopic (exact) mass is 1020 g/mol. The smallest absolute Gasteiger partial charge is 0.305 e. The molecule has 0 aromatic heterocycles. The molecule has 0 spiro atoms. The number of imide groups is 1. The number of aliphatic carboxylic acids is 2. The zero-order valence-electron chi connectivity index (χ0n) is 40.9. The summed E-state index contributed by atoms with van der Waals surface area (Å²) in [6.45, 7) is 12.4. The largest absolute Gasteiger partial charge is 0.481 e. The molecule has 0 aromatic carbocycles. The van der Waals surface area contributed by atoms with Crippen LogP contribution in [0.1, 0.15) is 19.3 Å². The molecule has 0 saturated carbocycles. The van der Waals surface area contributed by atoms with Gasteiger partial charge in [0, 0.05) is 38.2 Å². The summed E-state index contributed by atoms with van der Waals surface area (Å²) in [5.41, 5.74) is 0. The van der Waals surface area contributed by atoms with Gasteiger partial charge in [0.25, 0.3) is 11.8 Å². The molecule has 408 valence electrons. The van der Waals surface area contributed by atoms with Gasteiger partial charge < -0.3 is 90.9 Å². The number of carbonyl (C=O) groups is 5. The van der Waals surface area contributed by atoms with Crippen molar-refractivity contribution < 1.29 is 110 Å². The Bertz CT molecular complexity index is 1220. The molecular formula is C45H80N2O23. The van der Waals surface area contributed by atoms with Crippen molar-refractivity contribution in [3.63, 3.8) is 0 Å². The highest BCUT2D eigenvalue weighted by Gasteiger charge is 2.25. The topological polar surface area (TPSA) is 280 Å². The van der Waals surface area contributed by atoms with Crippen molar-refractivity contribution in [1.82, 2.24) is 9.80 Å². The Morgan fingerprint density at radius 2 is 0.529 bits per heavy atom. The molecule has 0 unspecified atom stereocenters. The molecule has 0 saturated heterocycles. The lowest BCUT2D eigenvalue weighted by Gasteiger charge is -2.24. The molecule has 0 bridgehead atoms. The van der Waals surface area contributed by atoms with Gasteiger partial charge >= 0.3 is 11.9 Å². The van der Waals surface area contributed by atoms with Crippen LogP contribution in [0.2, 0.25) is 0 Å². The first kappa shape index (κ1) is 64.7. The van der Waals surface area contributed by atoms with Gasteiger partial charge in [-0.05, 0) is 0 Å². The maximum absolute atomic E-state index is 13.1. The van der Waals surface area contributed by atoms with Gasteiger partial charge in [0.15, 0.2) is 0 Å². The molecule has 1 rings (SSSR count). The van der Waals surface area contributed by atoms with Crippen LogP contribution in [0.4, 0.5) is 0 Å². The molecule has 0 aliphatic carbocycles. The van der Waals surface area contributed by atoms with Gasteiger partial charge in [0.05, 0.1) is 224 Å². The molecule has 2 N–H and O–H groups in total. The third-order valence-corrected chi connectivity index (χ3v) is 8.94. The molecule has 1 aliphatic heterocycles. The van der Waals surface area contributed by atoms with Gasteiger partial charge in [-0.25, -0.2) is 0 Å². The SMILES string of the molecule is O=C(O)CCOCCOCCOCCOCCOCCOCCOCCOCCN(CCOCCOCCOCCOCCOCCOCCOCCOCCC(=O)O)C(=O)CCN1C(=O)C=CC1=O. The number of carboxylic acids is 2. The highest BCUT2D eigenvalue weighted by atomic mass is 16.6. The molecule has 25 heteroatoms. The van der Waals surface area contributed by atoms with Crippen LogP contribution < -0.4 is 0 Å². The van der Waals surface area contributed by atoms with Gasteiger partial charge in [0.2, 0.25) is 5.91 Å². The van der Waals surface area contributed by atoms with Crippen molar-refractivity contribution in [3.05, 3.63) is 12.2 Å². The Kier molecular flexibility index (Phi) is 46.7. The maximum atomic E-state index is 13.1. The number of carboxylic acid groups (broad SMARTS) is 2. The Hall–Kier alpha value is -3.35. The van der Waals surface area contributed by atoms with Crippen LogP contribution >= 0.6 is 0 Å². The zero-order valence-corrected chi connectivity index (χ0v) is 40.9. The Morgan fingerprint density at radius 1 is 0.329 bits per heavy atom. The summed E-state index contributed by atoms with van der Waals surface area (Å²) in [5, 5.41) is 17.1. The van der Waals surface area contributed by atoms with Gasteiger partial charge in [0.1, 0.15) is 0 Å². The van der Waals surface area contributed by atoms with Crippen LogP contribution in [0.5, 0.6) is 0 Å². The van der Waals surface area contributed by atoms with E-state index in [-0.39, 0.29) is 71.2 Å². The predicted molar refractivity (Wildman–Crippen MR) is 245 cm³/mol. The first-order valence-corrected chi connectivity index (χ1v) is 23.8. The maximum Gasteiger partial charge on any atom is 0.305 e. The molecular weight excluding hydrogens is 936 g/mol. The number of nitrogens with zero attached hydrogens (tertiary/aromatic N) is 2. The minimum atomic E-state index is -0.893. The van der Waals surface area contributed by atoms with E-state index >= 15 is 0 Å². The van der Waals surface area contributed by atoms with Crippen LogP contribution in [0, 0.1) is 0 Å². The van der Waals surface area contributed by atoms with Crippen molar-refractivity contribution in [2.45, 2.75) is 19.3 Å². The second-order valence-electron chi connectivity index (χ2n) is 14.4. The summed E-state index contributed by atoms with van der Waals surface area (Å²) in [6.07, 6.45) is 2.29. The number of ether oxygens (including phenoxy) is 16. The fourth-order valence-electron chi connectivity index (χ4n) is 5.33. The minimum Gasteiger partial charge on any atom is -0.481 e. The van der Waals surface area contributed by atoms with E-state index < -0.39 is 23.8 Å². The molecule has 1 heterocycles. The summed E-state index contributed by atoms with van der Waals surface area (Å²) in [5.74, 6) is -2.91. The Morgan fingerprint density at radius 3 is 0.743 bits per heavy atom. The van der Waals surface area contributed by atoms with E-state index in [1.54, 1.807) is 4.90 Å². The second-order valence-corrected chi connectivity index (χ2v) is 14.4. The normalized spacial score (nSPS) is 12.5. The standard InChI is InChI=1S/C45H80N2O23/c48-41(3-6-47-42(49)1-2-43(47)50)46(7-11-57-15-19-61-23-27-65-31-35-69-39-37-67-33-29-63-25-21-59-17-13-55-9-4-44(51)52)8-12-58-16-20-62-24-28-66-32-36-70-40-38-68-34-30-64-26-22-60-18-14-56-10-5-45(53)54/h1-2H,3-40H2,(H,51,52)(H,53,54). The van der Waals surface area contributed by atoms with E-state index in [1.807, 2.05) is 0 Å². The summed E-state index contributed by atoms with van der Waals surface area (Å²) >= 11 is 0. The highest BCUT2D eigenvalue weighted by Crippen LogP contribution is 2.06. The Labute approximate surface area is 411 Å². The number of rotatable bonds is 57. The highest BCUT2D eigenvalue weighted by molar-refractivity contribution is 6.13. The summed E-state index contributed by atoms with van der Waals surface area (Å²) < 4.78 is 87.1. The molecule has 0 aromatic rings. The summed E-state index contributed by atoms with van der Waals surface area (Å²) in [4.78, 5) is 60.3. The van der Waals surface area contributed by atoms with Crippen LogP contribution in [0.3, 0.4) is 0 Å². The molecule has 3 amide bonds. The number of amides is 3. The number of hydrogen-bond acceptors (Lipinski definition) is 21. The first-order chi connectivity index (χ1) is 34.3. The van der Waals surface area contributed by atoms with Gasteiger partial charge in [-0.15, -0.1) is 0 Å². The van der Waals surface area contributed by atoms with Gasteiger partial charge in [-0.1, -0.05) is 0 Å². The third-order valence-electron chi connectivity index (χ3n) is 8.94. The lowest BCUT2D eigenvalue weighted by molar-refractivity contribution is -0.140. The Balaban J connectivity index is 1.98. The van der Waals surface area contributed by atoms with E-state index in [9.17, 15) is 24.0 Å². The molecule has 0 radical (unpaired) electrons. The third kappa shape index (κ3) is 44.6. The van der Waals surface area contributed by atoms with Gasteiger partial charge in [-0.2, -0.15) is 0 Å². The van der Waals surface area contributed by atoms with Crippen LogP contribution in [0.25, 0.3) is 0 Å². The van der Waals surface area contributed by atoms with Crippen molar-refractivity contribution in [1.29, 1.82) is 0 Å². The van der Waals surface area contributed by atoms with Crippen LogP contribution in [-0.2, 0) is 99.8 Å². The average molecular weight is 1020 g/mol. The van der Waals surface area contributed by atoms with E-state index in [0.29, 0.717) is 185 Å². The van der Waals surface area contributed by atoms with Crippen molar-refractivity contribution in [2.24, 2.45) is 0 Å². The molecule has 1 aliphatic rings. The lowest BCUT2D eigenvalue weighted by atomic mass is 10.3. The second kappa shape index (κ2) is 50.6. The predicted octanol–water partition coefficient (Wildman–Crippen LogP) is -0.655. The first-order valence-electron chi connectivity index (χ1n) is 23.8. The fraction of sp³-hybridized carbons (Fsp3) is 0.844. The van der Waals surface area contributed by atoms with Crippen LogP contribution in [-0.4, -0.2) is 281 Å². The molecule has 70 heavy (non-hydrogen) atoms. The summed E-state index contributed by atoms with van der Waals surface area (Å²) in [6, 6.07) is 0. The number of carbonyl (C=O) groups excluding carboxylic acids is 3. The minimum absolute atomic E-state index is 0.0172. The van der Waals surface area contributed by atoms with E-state index in [1.165, 1.54) is 12.2 Å². The quantitative estimate of drug-likeness (QED) is 0.0565. The number of hydrogen-bond donors (Lipinski definition) is 2. The van der Waals surface area contributed by atoms with Crippen LogP contribution in [0.15, 0.2) is 12.2 Å². The van der Waals surface area contributed by atoms with E-state index in [2.05, 4.69) is 0 Å².